The Balaban J connectivity index is 1.91. The highest BCUT2D eigenvalue weighted by atomic mass is 28.4. The molecular formula is C22H33N3O3Si. The van der Waals surface area contributed by atoms with Crippen LogP contribution in [0.5, 0.6) is 11.5 Å². The van der Waals surface area contributed by atoms with Gasteiger partial charge in [-0.3, -0.25) is 0 Å². The summed E-state index contributed by atoms with van der Waals surface area (Å²) in [5, 5.41) is 4.05. The van der Waals surface area contributed by atoms with Crippen LogP contribution in [0.4, 0.5) is 0 Å². The molecule has 1 heterocycles. The molecule has 0 spiro atoms. The molecule has 0 saturated heterocycles. The summed E-state index contributed by atoms with van der Waals surface area (Å²) < 4.78 is 18.0. The van der Waals surface area contributed by atoms with Crippen molar-refractivity contribution in [1.29, 1.82) is 0 Å². The number of azide groups is 1. The molecule has 29 heavy (non-hydrogen) atoms. The highest BCUT2D eigenvalue weighted by Gasteiger charge is 2.47. The van der Waals surface area contributed by atoms with Gasteiger partial charge >= 0.3 is 0 Å². The lowest BCUT2D eigenvalue weighted by atomic mass is 9.83. The summed E-state index contributed by atoms with van der Waals surface area (Å²) in [7, 11) is -2.00. The van der Waals surface area contributed by atoms with Gasteiger partial charge in [-0.25, -0.2) is 0 Å². The Bertz CT molecular complexity index is 781. The van der Waals surface area contributed by atoms with Crippen molar-refractivity contribution in [2.45, 2.75) is 82.7 Å². The molecule has 1 aliphatic carbocycles. The van der Waals surface area contributed by atoms with E-state index in [0.29, 0.717) is 16.6 Å². The molecule has 3 rings (SSSR count). The van der Waals surface area contributed by atoms with Crippen LogP contribution in [-0.2, 0) is 4.43 Å². The minimum absolute atomic E-state index is 0.0226. The Hall–Kier alpha value is -1.95. The first kappa shape index (κ1) is 21.7. The van der Waals surface area contributed by atoms with E-state index in [1.165, 1.54) is 0 Å². The Morgan fingerprint density at radius 1 is 1.03 bits per heavy atom. The van der Waals surface area contributed by atoms with E-state index in [-0.39, 0.29) is 24.9 Å². The molecule has 0 fully saturated rings. The van der Waals surface area contributed by atoms with E-state index in [4.69, 9.17) is 19.4 Å². The molecule has 7 heteroatoms. The lowest BCUT2D eigenvalue weighted by Gasteiger charge is -2.45. The lowest BCUT2D eigenvalue weighted by molar-refractivity contribution is 0.173. The van der Waals surface area contributed by atoms with Crippen molar-refractivity contribution < 1.29 is 13.9 Å². The summed E-state index contributed by atoms with van der Waals surface area (Å²) in [5.41, 5.74) is 11.7. The van der Waals surface area contributed by atoms with E-state index in [1.54, 1.807) is 0 Å². The number of nitrogens with zero attached hydrogens (tertiary/aromatic N) is 3. The lowest BCUT2D eigenvalue weighted by Crippen LogP contribution is -2.50. The highest BCUT2D eigenvalue weighted by Crippen LogP contribution is 2.45. The van der Waals surface area contributed by atoms with Crippen LogP contribution < -0.4 is 9.47 Å². The number of benzene rings is 1. The van der Waals surface area contributed by atoms with E-state index in [0.717, 1.165) is 23.5 Å². The average molecular weight is 416 g/mol. The molecule has 0 radical (unpaired) electrons. The summed E-state index contributed by atoms with van der Waals surface area (Å²) in [5.74, 6) is 1.57. The topological polar surface area (TPSA) is 76.5 Å². The fourth-order valence-electron chi connectivity index (χ4n) is 5.25. The standard InChI is InChI=1S/C22H33N3O3Si/c1-14(2)29(15(3)4,16(5)6)28-18-8-9-20(24-25-23)19(12-18)17-7-10-21-22(11-17)27-13-26-21/h7-11,14-16,18-20H,12-13H2,1-6H3/t18-,19-,20+/m1/s1. The molecule has 0 unspecified atom stereocenters. The Morgan fingerprint density at radius 3 is 2.31 bits per heavy atom. The predicted octanol–water partition coefficient (Wildman–Crippen LogP) is 6.70. The zero-order valence-corrected chi connectivity index (χ0v) is 19.3. The van der Waals surface area contributed by atoms with E-state index in [1.807, 2.05) is 24.3 Å². The fourth-order valence-corrected chi connectivity index (χ4v) is 10.8. The smallest absolute Gasteiger partial charge is 0.231 e. The highest BCUT2D eigenvalue weighted by molar-refractivity contribution is 6.77. The Morgan fingerprint density at radius 2 is 1.69 bits per heavy atom. The van der Waals surface area contributed by atoms with E-state index in [2.05, 4.69) is 57.6 Å². The van der Waals surface area contributed by atoms with Gasteiger partial charge in [-0.15, -0.1) is 0 Å². The first-order chi connectivity index (χ1) is 13.8. The van der Waals surface area contributed by atoms with Crippen molar-refractivity contribution in [2.24, 2.45) is 5.11 Å². The van der Waals surface area contributed by atoms with Gasteiger partial charge in [0.2, 0.25) is 15.1 Å². The van der Waals surface area contributed by atoms with Crippen LogP contribution in [0.15, 0.2) is 35.5 Å². The molecule has 1 aromatic rings. The quantitative estimate of drug-likeness (QED) is 0.163. The maximum atomic E-state index is 9.06. The first-order valence-electron chi connectivity index (χ1n) is 10.6. The Labute approximate surface area is 175 Å². The molecule has 2 aliphatic rings. The third kappa shape index (κ3) is 4.18. The predicted molar refractivity (Wildman–Crippen MR) is 118 cm³/mol. The number of fused-ring (bicyclic) bond motifs is 1. The van der Waals surface area contributed by atoms with Gasteiger partial charge in [0.15, 0.2) is 11.5 Å². The number of hydrogen-bond acceptors (Lipinski definition) is 4. The molecular weight excluding hydrogens is 382 g/mol. The average Bonchev–Trinajstić information content (AvgIpc) is 3.14. The van der Waals surface area contributed by atoms with Crippen LogP contribution in [0, 0.1) is 0 Å². The van der Waals surface area contributed by atoms with Gasteiger partial charge in [-0.2, -0.15) is 0 Å². The van der Waals surface area contributed by atoms with Crippen LogP contribution >= 0.6 is 0 Å². The molecule has 0 amide bonds. The number of rotatable bonds is 7. The van der Waals surface area contributed by atoms with Crippen molar-refractivity contribution in [3.8, 4) is 11.5 Å². The second kappa shape index (κ2) is 8.82. The molecule has 6 nitrogen and oxygen atoms in total. The van der Waals surface area contributed by atoms with Crippen LogP contribution in [0.2, 0.25) is 16.6 Å². The van der Waals surface area contributed by atoms with Crippen molar-refractivity contribution in [3.05, 3.63) is 46.4 Å². The maximum absolute atomic E-state index is 9.06. The van der Waals surface area contributed by atoms with Gasteiger partial charge in [0.25, 0.3) is 0 Å². The van der Waals surface area contributed by atoms with E-state index in [9.17, 15) is 0 Å². The number of ether oxygens (including phenoxy) is 2. The monoisotopic (exact) mass is 415 g/mol. The summed E-state index contributed by atoms with van der Waals surface area (Å²) in [6, 6.07) is 5.77. The molecule has 3 atom stereocenters. The third-order valence-electron chi connectivity index (χ3n) is 6.49. The Kier molecular flexibility index (Phi) is 6.61. The number of hydrogen-bond donors (Lipinski definition) is 0. The van der Waals surface area contributed by atoms with Crippen LogP contribution in [0.1, 0.15) is 59.4 Å². The van der Waals surface area contributed by atoms with E-state index < -0.39 is 8.32 Å². The minimum Gasteiger partial charge on any atom is -0.454 e. The summed E-state index contributed by atoms with van der Waals surface area (Å²) in [6.07, 6.45) is 4.94. The van der Waals surface area contributed by atoms with Crippen LogP contribution in [0.3, 0.4) is 0 Å². The summed E-state index contributed by atoms with van der Waals surface area (Å²) >= 11 is 0. The molecule has 0 bridgehead atoms. The first-order valence-corrected chi connectivity index (χ1v) is 12.7. The van der Waals surface area contributed by atoms with E-state index >= 15 is 0 Å². The van der Waals surface area contributed by atoms with Gasteiger partial charge in [0.05, 0.1) is 12.1 Å². The van der Waals surface area contributed by atoms with Crippen LogP contribution in [0.25, 0.3) is 10.4 Å². The van der Waals surface area contributed by atoms with Gasteiger partial charge < -0.3 is 13.9 Å². The van der Waals surface area contributed by atoms with Crippen molar-refractivity contribution >= 4 is 8.32 Å². The van der Waals surface area contributed by atoms with Crippen molar-refractivity contribution in [3.63, 3.8) is 0 Å². The molecule has 0 saturated carbocycles. The molecule has 0 N–H and O–H groups in total. The maximum Gasteiger partial charge on any atom is 0.231 e. The summed E-state index contributed by atoms with van der Waals surface area (Å²) in [6.45, 7) is 14.1. The third-order valence-corrected chi connectivity index (χ3v) is 12.6. The van der Waals surface area contributed by atoms with Gasteiger partial charge in [-0.1, -0.05) is 64.9 Å². The molecule has 0 aromatic heterocycles. The largest absolute Gasteiger partial charge is 0.454 e. The zero-order chi connectivity index (χ0) is 21.2. The normalized spacial score (nSPS) is 23.7. The molecule has 1 aromatic carbocycles. The van der Waals surface area contributed by atoms with Gasteiger partial charge in [-0.05, 0) is 52.2 Å². The summed E-state index contributed by atoms with van der Waals surface area (Å²) in [4.78, 5) is 3.08. The van der Waals surface area contributed by atoms with Gasteiger partial charge in [0, 0.05) is 4.91 Å². The second-order valence-corrected chi connectivity index (χ2v) is 14.4. The van der Waals surface area contributed by atoms with Crippen molar-refractivity contribution in [1.82, 2.24) is 0 Å². The zero-order valence-electron chi connectivity index (χ0n) is 18.3. The SMILES string of the molecule is CC(C)[Si](O[C@@H]1C=C[C@H](N=[N+]=[N-])[C@@H](c2ccc3c(c2)OCO3)C1)(C(C)C)C(C)C. The minimum atomic E-state index is -2.00. The second-order valence-electron chi connectivity index (χ2n) is 9.01. The van der Waals surface area contributed by atoms with Gasteiger partial charge in [0.1, 0.15) is 0 Å². The molecule has 1 aliphatic heterocycles. The van der Waals surface area contributed by atoms with Crippen LogP contribution in [-0.4, -0.2) is 27.3 Å². The molecule has 158 valence electrons. The van der Waals surface area contributed by atoms with Crippen molar-refractivity contribution in [2.75, 3.05) is 6.79 Å². The fraction of sp³-hybridized carbons (Fsp3) is 0.636.